The first-order valence-corrected chi connectivity index (χ1v) is 11.6. The van der Waals surface area contributed by atoms with Gasteiger partial charge in [0.05, 0.1) is 46.8 Å². The fourth-order valence-corrected chi connectivity index (χ4v) is 4.06. The fourth-order valence-electron chi connectivity index (χ4n) is 4.06. The molecule has 0 unspecified atom stereocenters. The summed E-state index contributed by atoms with van der Waals surface area (Å²) in [7, 11) is 0. The maximum atomic E-state index is 10.1. The Labute approximate surface area is 237 Å². The van der Waals surface area contributed by atoms with Gasteiger partial charge in [-0.05, 0) is 48.5 Å². The molecule has 42 heavy (non-hydrogen) atoms. The Kier molecular flexibility index (Phi) is 6.62. The molecule has 12 nitrogen and oxygen atoms in total. The number of nitrogens with zero attached hydrogens (tertiary/aromatic N) is 12. The summed E-state index contributed by atoms with van der Waals surface area (Å²) in [6, 6.07) is 20.0. The largest absolute Gasteiger partial charge is 0.564 e. The lowest BCUT2D eigenvalue weighted by Crippen LogP contribution is -2.25. The summed E-state index contributed by atoms with van der Waals surface area (Å²) in [4.78, 5) is 31.8. The summed E-state index contributed by atoms with van der Waals surface area (Å²) in [6.45, 7) is 21.8. The lowest BCUT2D eigenvalue weighted by molar-refractivity contribution is 1.07. The highest BCUT2D eigenvalue weighted by Gasteiger charge is 2.22. The summed E-state index contributed by atoms with van der Waals surface area (Å²) in [6.07, 6.45) is 0. The van der Waals surface area contributed by atoms with E-state index in [1.165, 1.54) is 36.4 Å². The third kappa shape index (κ3) is 4.61. The Hall–Kier alpha value is -7.56. The minimum absolute atomic E-state index is 0.0187. The second-order valence-corrected chi connectivity index (χ2v) is 8.38. The summed E-state index contributed by atoms with van der Waals surface area (Å²) in [5, 5.41) is 39.0. The summed E-state index contributed by atoms with van der Waals surface area (Å²) >= 11 is 0. The van der Waals surface area contributed by atoms with Crippen molar-refractivity contribution in [2.24, 2.45) is 9.98 Å². The average Bonchev–Trinajstić information content (AvgIpc) is 3.48. The predicted octanol–water partition coefficient (Wildman–Crippen LogP) is 4.13. The van der Waals surface area contributed by atoms with Gasteiger partial charge in [0.25, 0.3) is 0 Å². The zero-order valence-corrected chi connectivity index (χ0v) is 21.0. The molecule has 0 N–H and O–H groups in total. The zero-order valence-electron chi connectivity index (χ0n) is 21.0. The van der Waals surface area contributed by atoms with E-state index in [2.05, 4.69) is 45.5 Å². The second kappa shape index (κ2) is 10.7. The highest BCUT2D eigenvalue weighted by atomic mass is 15.1. The van der Waals surface area contributed by atoms with E-state index in [-0.39, 0.29) is 73.3 Å². The standard InChI is InChI=1S/C30H8N12/c1-35-21-10-18(14-33)9-20(11-21)27-40-26(19-7-16(12-31)6-17(8-19)13-32)41-28(42-27)22-4-5-24-25(23(22)15-34)39-30(38-24)29(36-2)37-3/h4-11H. The second-order valence-electron chi connectivity index (χ2n) is 8.38. The van der Waals surface area contributed by atoms with Gasteiger partial charge in [-0.3, -0.25) is 0 Å². The number of rotatable bonds is 3. The lowest BCUT2D eigenvalue weighted by Gasteiger charge is -2.10. The van der Waals surface area contributed by atoms with Crippen LogP contribution in [0.4, 0.5) is 5.69 Å². The molecule has 1 aliphatic heterocycles. The van der Waals surface area contributed by atoms with Crippen molar-refractivity contribution in [3.05, 3.63) is 127 Å². The van der Waals surface area contributed by atoms with Crippen LogP contribution < -0.4 is 10.7 Å². The topological polar surface area (TPSA) is 172 Å². The van der Waals surface area contributed by atoms with Gasteiger partial charge in [-0.1, -0.05) is 0 Å². The zero-order chi connectivity index (χ0) is 29.8. The van der Waals surface area contributed by atoms with E-state index in [4.69, 9.17) is 19.7 Å². The molecule has 0 saturated carbocycles. The van der Waals surface area contributed by atoms with Crippen molar-refractivity contribution in [1.29, 1.82) is 21.0 Å². The first kappa shape index (κ1) is 26.1. The molecule has 3 aromatic carbocycles. The Morgan fingerprint density at radius 2 is 1.21 bits per heavy atom. The van der Waals surface area contributed by atoms with Crippen molar-refractivity contribution in [3.8, 4) is 58.4 Å². The van der Waals surface area contributed by atoms with Gasteiger partial charge >= 0.3 is 5.82 Å². The predicted molar refractivity (Wildman–Crippen MR) is 144 cm³/mol. The van der Waals surface area contributed by atoms with Gasteiger partial charge in [0.2, 0.25) is 5.82 Å². The minimum Gasteiger partial charge on any atom is -0.238 e. The van der Waals surface area contributed by atoms with Crippen LogP contribution in [-0.2, 0) is 0 Å². The summed E-state index contributed by atoms with van der Waals surface area (Å²) in [5.41, 5.74) is 1.67. The van der Waals surface area contributed by atoms with Gasteiger partial charge < -0.3 is 0 Å². The SMILES string of the molecule is [C-]#[N+]C([N+]#[C-])=C1N=c2ccc(-c3nc(-c4cc(C#N)cc(C#N)c4)nc(-c4cc(C#N)cc([N+]#[C-])c4)n3)c(C#N)c2=N1. The Morgan fingerprint density at radius 3 is 1.76 bits per heavy atom. The normalized spacial score (nSPS) is 10.5. The molecule has 0 amide bonds. The Bertz CT molecular complexity index is 2160. The Balaban J connectivity index is 1.84. The van der Waals surface area contributed by atoms with Gasteiger partial charge in [-0.15, -0.1) is 0 Å². The van der Waals surface area contributed by atoms with Crippen LogP contribution in [0.3, 0.4) is 0 Å². The highest BCUT2D eigenvalue weighted by Crippen LogP contribution is 2.29. The number of nitriles is 4. The first-order valence-electron chi connectivity index (χ1n) is 11.6. The van der Waals surface area contributed by atoms with Crippen LogP contribution in [-0.4, -0.2) is 15.0 Å². The molecule has 12 heteroatoms. The number of benzene rings is 3. The van der Waals surface area contributed by atoms with Crippen LogP contribution in [0.25, 0.3) is 48.7 Å². The third-order valence-electron chi connectivity index (χ3n) is 5.88. The molecule has 4 aromatic rings. The van der Waals surface area contributed by atoms with E-state index >= 15 is 0 Å². The summed E-state index contributed by atoms with van der Waals surface area (Å²) in [5.74, 6) is -0.318. The molecule has 0 spiro atoms. The molecule has 0 atom stereocenters. The summed E-state index contributed by atoms with van der Waals surface area (Å²) < 4.78 is 0. The molecular weight excluding hydrogens is 528 g/mol. The van der Waals surface area contributed by atoms with Crippen LogP contribution in [0.5, 0.6) is 0 Å². The molecule has 1 aliphatic rings. The number of aromatic nitrogens is 3. The van der Waals surface area contributed by atoms with Gasteiger partial charge in [0.1, 0.15) is 24.6 Å². The van der Waals surface area contributed by atoms with E-state index in [0.717, 1.165) is 0 Å². The molecule has 0 radical (unpaired) electrons. The van der Waals surface area contributed by atoms with Crippen molar-refractivity contribution in [3.63, 3.8) is 0 Å². The Morgan fingerprint density at radius 1 is 0.643 bits per heavy atom. The molecule has 0 aliphatic carbocycles. The molecule has 0 fully saturated rings. The van der Waals surface area contributed by atoms with Crippen LogP contribution in [0.1, 0.15) is 22.3 Å². The molecule has 0 bridgehead atoms. The first-order chi connectivity index (χ1) is 20.4. The van der Waals surface area contributed by atoms with Gasteiger partial charge in [-0.25, -0.2) is 29.8 Å². The van der Waals surface area contributed by atoms with Crippen molar-refractivity contribution in [2.75, 3.05) is 0 Å². The minimum atomic E-state index is -0.347. The van der Waals surface area contributed by atoms with Crippen molar-refractivity contribution < 1.29 is 0 Å². The van der Waals surface area contributed by atoms with E-state index < -0.39 is 0 Å². The van der Waals surface area contributed by atoms with Crippen molar-refractivity contribution >= 4 is 5.69 Å². The molecule has 2 heterocycles. The lowest BCUT2D eigenvalue weighted by atomic mass is 10.0. The van der Waals surface area contributed by atoms with E-state index in [9.17, 15) is 21.0 Å². The third-order valence-corrected chi connectivity index (χ3v) is 5.88. The maximum Gasteiger partial charge on any atom is 0.564 e. The number of hydrogen-bond acceptors (Lipinski definition) is 9. The highest BCUT2D eigenvalue weighted by molar-refractivity contribution is 5.73. The quantitative estimate of drug-likeness (QED) is 0.354. The average molecular weight is 536 g/mol. The van der Waals surface area contributed by atoms with Gasteiger partial charge in [0.15, 0.2) is 23.2 Å². The van der Waals surface area contributed by atoms with Crippen LogP contribution >= 0.6 is 0 Å². The van der Waals surface area contributed by atoms with Gasteiger partial charge in [0, 0.05) is 22.3 Å². The van der Waals surface area contributed by atoms with Gasteiger partial charge in [-0.2, -0.15) is 30.7 Å². The molecule has 1 aromatic heterocycles. The van der Waals surface area contributed by atoms with Crippen LogP contribution in [0, 0.1) is 65.0 Å². The van der Waals surface area contributed by atoms with E-state index in [1.54, 1.807) is 12.1 Å². The molecule has 188 valence electrons. The molecular formula is C30H8N12. The molecule has 5 rings (SSSR count). The fraction of sp³-hybridized carbons (Fsp3) is 0. The maximum absolute atomic E-state index is 10.1. The van der Waals surface area contributed by atoms with Crippen molar-refractivity contribution in [2.45, 2.75) is 0 Å². The number of hydrogen-bond donors (Lipinski definition) is 0. The van der Waals surface area contributed by atoms with Crippen LogP contribution in [0.15, 0.2) is 70.2 Å². The number of fused-ring (bicyclic) bond motifs is 1. The van der Waals surface area contributed by atoms with E-state index in [0.29, 0.717) is 11.1 Å². The monoisotopic (exact) mass is 536 g/mol. The van der Waals surface area contributed by atoms with Crippen LogP contribution in [0.2, 0.25) is 0 Å². The smallest absolute Gasteiger partial charge is 0.238 e. The molecule has 0 saturated heterocycles. The van der Waals surface area contributed by atoms with E-state index in [1.807, 2.05) is 18.2 Å². The van der Waals surface area contributed by atoms with Crippen molar-refractivity contribution in [1.82, 2.24) is 15.0 Å².